The van der Waals surface area contributed by atoms with Gasteiger partial charge in [-0.3, -0.25) is 29.0 Å². The fourth-order valence-corrected chi connectivity index (χ4v) is 6.30. The molecule has 4 amide bonds. The summed E-state index contributed by atoms with van der Waals surface area (Å²) in [6.07, 6.45) is 0.678. The minimum atomic E-state index is -0.494. The number of benzene rings is 4. The number of hydrogen-bond donors (Lipinski definition) is 0. The largest absolute Gasteiger partial charge is 0.274 e. The maximum atomic E-state index is 13.5. The van der Waals surface area contributed by atoms with E-state index in [0.29, 0.717) is 43.7 Å². The number of imide groups is 2. The lowest BCUT2D eigenvalue weighted by atomic mass is 9.85. The van der Waals surface area contributed by atoms with E-state index in [1.807, 2.05) is 0 Å². The highest BCUT2D eigenvalue weighted by Crippen LogP contribution is 2.38. The topological polar surface area (TPSA) is 74.8 Å². The van der Waals surface area contributed by atoms with Gasteiger partial charge in [0.05, 0.1) is 0 Å². The van der Waals surface area contributed by atoms with E-state index >= 15 is 0 Å². The highest BCUT2D eigenvalue weighted by molar-refractivity contribution is 6.36. The summed E-state index contributed by atoms with van der Waals surface area (Å²) in [7, 11) is 0. The number of rotatable bonds is 6. The van der Waals surface area contributed by atoms with Gasteiger partial charge in [-0.1, -0.05) is 58.5 Å². The molecule has 0 saturated heterocycles. The van der Waals surface area contributed by atoms with Gasteiger partial charge in [-0.15, -0.1) is 0 Å². The van der Waals surface area contributed by atoms with Gasteiger partial charge in [0.2, 0.25) is 0 Å². The Labute approximate surface area is 249 Å². The molecule has 0 atom stereocenters. The van der Waals surface area contributed by atoms with Crippen LogP contribution in [-0.2, 0) is 12.8 Å². The van der Waals surface area contributed by atoms with E-state index in [-0.39, 0.29) is 35.3 Å². The van der Waals surface area contributed by atoms with Gasteiger partial charge in [0, 0.05) is 66.2 Å². The summed E-state index contributed by atoms with van der Waals surface area (Å²) >= 11 is 24.5. The molecule has 0 aromatic heterocycles. The summed E-state index contributed by atoms with van der Waals surface area (Å²) in [6, 6.07) is 16.3. The first kappa shape index (κ1) is 26.8. The van der Waals surface area contributed by atoms with E-state index in [2.05, 4.69) is 0 Å². The van der Waals surface area contributed by atoms with Crippen LogP contribution in [0.1, 0.15) is 52.6 Å². The average Bonchev–Trinajstić information content (AvgIpc) is 2.92. The van der Waals surface area contributed by atoms with Crippen molar-refractivity contribution < 1.29 is 19.2 Å². The van der Waals surface area contributed by atoms with Gasteiger partial charge in [0.25, 0.3) is 23.6 Å². The van der Waals surface area contributed by atoms with Crippen molar-refractivity contribution in [2.75, 3.05) is 13.1 Å². The number of carbonyl (C=O) groups is 4. The number of carbonyl (C=O) groups excluding carboxylic acids is 4. The summed E-state index contributed by atoms with van der Waals surface area (Å²) < 4.78 is 0. The van der Waals surface area contributed by atoms with Gasteiger partial charge in [-0.2, -0.15) is 0 Å². The molecule has 40 heavy (non-hydrogen) atoms. The van der Waals surface area contributed by atoms with Crippen molar-refractivity contribution in [3.05, 3.63) is 114 Å². The Morgan fingerprint density at radius 3 is 1.10 bits per heavy atom. The molecule has 2 aliphatic rings. The van der Waals surface area contributed by atoms with Crippen molar-refractivity contribution >= 4 is 80.8 Å². The molecule has 6 nitrogen and oxygen atoms in total. The van der Waals surface area contributed by atoms with Crippen LogP contribution in [-0.4, -0.2) is 46.5 Å². The zero-order valence-corrected chi connectivity index (χ0v) is 23.7. The molecule has 0 bridgehead atoms. The van der Waals surface area contributed by atoms with Crippen LogP contribution in [0, 0.1) is 0 Å². The fraction of sp³-hybridized carbons (Fsp3) is 0.133. The lowest BCUT2D eigenvalue weighted by Crippen LogP contribution is -2.44. The van der Waals surface area contributed by atoms with Gasteiger partial charge < -0.3 is 0 Å². The smallest absolute Gasteiger partial charge is 0.261 e. The lowest BCUT2D eigenvalue weighted by Gasteiger charge is -2.32. The van der Waals surface area contributed by atoms with Crippen LogP contribution in [0.2, 0.25) is 20.1 Å². The third-order valence-electron chi connectivity index (χ3n) is 7.30. The molecule has 0 aliphatic carbocycles. The highest BCUT2D eigenvalue weighted by atomic mass is 35.5. The molecule has 0 saturated carbocycles. The average molecular weight is 612 g/mol. The summed E-state index contributed by atoms with van der Waals surface area (Å²) in [6.45, 7) is 0.199. The van der Waals surface area contributed by atoms with Gasteiger partial charge in [0.15, 0.2) is 0 Å². The van der Waals surface area contributed by atoms with Crippen LogP contribution in [0.3, 0.4) is 0 Å². The minimum Gasteiger partial charge on any atom is -0.274 e. The molecule has 0 fully saturated rings. The van der Waals surface area contributed by atoms with Crippen molar-refractivity contribution in [3.8, 4) is 0 Å². The molecule has 10 heteroatoms. The van der Waals surface area contributed by atoms with Crippen LogP contribution in [0.4, 0.5) is 0 Å². The standard InChI is InChI=1S/C30H18Cl4N2O4/c31-17-3-1-15(23(33)13-17)9-11-35-27(37)19-5-7-21-26-22(8-6-20(25(19)26)28(35)38)30(40)36(29(21)39)12-10-16-2-4-18(32)14-24(16)34/h1-8,13-14H,9-12H2. The number of amides is 4. The lowest BCUT2D eigenvalue weighted by molar-refractivity contribution is 0.0590. The van der Waals surface area contributed by atoms with Crippen LogP contribution in [0.25, 0.3) is 10.8 Å². The Morgan fingerprint density at radius 2 is 0.800 bits per heavy atom. The second-order valence-electron chi connectivity index (χ2n) is 9.57. The van der Waals surface area contributed by atoms with E-state index in [9.17, 15) is 19.2 Å². The second kappa shape index (κ2) is 10.2. The Kier molecular flexibility index (Phi) is 6.83. The zero-order valence-electron chi connectivity index (χ0n) is 20.6. The number of halogens is 4. The summed E-state index contributed by atoms with van der Waals surface area (Å²) in [5.41, 5.74) is 2.55. The first-order valence-corrected chi connectivity index (χ1v) is 13.9. The maximum absolute atomic E-state index is 13.5. The molecule has 2 heterocycles. The molecule has 0 radical (unpaired) electrons. The number of hydrogen-bond acceptors (Lipinski definition) is 4. The van der Waals surface area contributed by atoms with E-state index in [1.54, 1.807) is 60.7 Å². The summed E-state index contributed by atoms with van der Waals surface area (Å²) in [4.78, 5) is 56.3. The van der Waals surface area contributed by atoms with Gasteiger partial charge in [0.1, 0.15) is 0 Å². The predicted molar refractivity (Wildman–Crippen MR) is 155 cm³/mol. The molecule has 4 aromatic rings. The first-order chi connectivity index (χ1) is 19.2. The quantitative estimate of drug-likeness (QED) is 0.217. The molecule has 4 aromatic carbocycles. The Morgan fingerprint density at radius 1 is 0.475 bits per heavy atom. The third-order valence-corrected chi connectivity index (χ3v) is 8.48. The Hall–Kier alpha value is -3.42. The SMILES string of the molecule is O=C1c2ccc3c4c(ccc(c24)C(=O)N1CCc1ccc(Cl)cc1Cl)C(=O)N(CCc1ccc(Cl)cc1Cl)C3=O. The zero-order chi connectivity index (χ0) is 28.3. The fourth-order valence-electron chi connectivity index (χ4n) is 5.29. The van der Waals surface area contributed by atoms with Gasteiger partial charge in [-0.25, -0.2) is 0 Å². The summed E-state index contributed by atoms with van der Waals surface area (Å²) in [5, 5.41) is 2.53. The van der Waals surface area contributed by atoms with E-state index in [4.69, 9.17) is 46.4 Å². The normalized spacial score (nSPS) is 14.5. The molecule has 6 rings (SSSR count). The molecule has 0 spiro atoms. The van der Waals surface area contributed by atoms with E-state index in [1.165, 1.54) is 9.80 Å². The van der Waals surface area contributed by atoms with Crippen molar-refractivity contribution in [2.24, 2.45) is 0 Å². The monoisotopic (exact) mass is 610 g/mol. The maximum Gasteiger partial charge on any atom is 0.261 e. The second-order valence-corrected chi connectivity index (χ2v) is 11.3. The third kappa shape index (κ3) is 4.36. The van der Waals surface area contributed by atoms with Gasteiger partial charge >= 0.3 is 0 Å². The molecule has 200 valence electrons. The molecular formula is C30H18Cl4N2O4. The Bertz CT molecular complexity index is 1600. The Balaban J connectivity index is 1.32. The first-order valence-electron chi connectivity index (χ1n) is 12.4. The molecule has 0 N–H and O–H groups in total. The highest BCUT2D eigenvalue weighted by Gasteiger charge is 2.39. The summed E-state index contributed by atoms with van der Waals surface area (Å²) in [5.74, 6) is -1.98. The van der Waals surface area contributed by atoms with Crippen LogP contribution in [0.5, 0.6) is 0 Å². The minimum absolute atomic E-state index is 0.0996. The predicted octanol–water partition coefficient (Wildman–Crippen LogP) is 7.13. The van der Waals surface area contributed by atoms with E-state index in [0.717, 1.165) is 11.1 Å². The number of nitrogens with zero attached hydrogens (tertiary/aromatic N) is 2. The van der Waals surface area contributed by atoms with Crippen molar-refractivity contribution in [2.45, 2.75) is 12.8 Å². The van der Waals surface area contributed by atoms with Crippen LogP contribution in [0.15, 0.2) is 60.7 Å². The van der Waals surface area contributed by atoms with Gasteiger partial charge in [-0.05, 0) is 72.5 Å². The van der Waals surface area contributed by atoms with E-state index < -0.39 is 23.6 Å². The van der Waals surface area contributed by atoms with Crippen molar-refractivity contribution in [1.82, 2.24) is 9.80 Å². The van der Waals surface area contributed by atoms with Crippen LogP contribution < -0.4 is 0 Å². The van der Waals surface area contributed by atoms with Crippen molar-refractivity contribution in [1.29, 1.82) is 0 Å². The van der Waals surface area contributed by atoms with Crippen molar-refractivity contribution in [3.63, 3.8) is 0 Å². The molecular weight excluding hydrogens is 594 g/mol. The molecule has 0 unspecified atom stereocenters. The molecule has 2 aliphatic heterocycles. The van der Waals surface area contributed by atoms with Crippen LogP contribution >= 0.6 is 46.4 Å².